The van der Waals surface area contributed by atoms with Crippen LogP contribution < -0.4 is 35.4 Å². The SMILES string of the molecule is CN1Cc2c(Cl)cc(Cl)cc2[C@H](c2cccc(S(=O)(=O)NCCOCCOCCOCCNC(=O)CCC(CCC(=O)NCCOCCOCCOCCNS(=O)(=O)c3cccc([C@@H]4CN(C)Cc5c(Cl)cc(Cl)cc54)c3)(CCC(=O)NCCOCCOCCOCCNS(=O)(=O)c3cccc([C@@H]4CN(C)Cc5c(Cl)cc(Cl)cc54)c3)NCc3ccc(-c4ccc(Cl)cc4)cc3)c2)C1. The molecule has 3 aliphatic heterocycles. The average molecular weight is 2030 g/mol. The van der Waals surface area contributed by atoms with Gasteiger partial charge in [0.2, 0.25) is 47.8 Å². The van der Waals surface area contributed by atoms with Crippen LogP contribution in [-0.2, 0) is 113 Å². The summed E-state index contributed by atoms with van der Waals surface area (Å²) in [6.07, 6.45) is 0.847. The lowest BCUT2D eigenvalue weighted by atomic mass is 9.83. The molecule has 724 valence electrons. The van der Waals surface area contributed by atoms with Crippen molar-refractivity contribution < 1.29 is 82.3 Å². The third kappa shape index (κ3) is 34.2. The number of fused-ring (bicyclic) bond motifs is 3. The van der Waals surface area contributed by atoms with Gasteiger partial charge >= 0.3 is 0 Å². The quantitative estimate of drug-likeness (QED) is 0.0174. The standard InChI is InChI=1S/C95H119Cl7N10O18S3/c1-110-61-83(80-54-74(97)57-89(100)86(80)64-110)70-7-4-10-77(51-70)131(116,117)107-30-36-125-42-48-128-45-39-122-33-27-103-92(113)21-24-95(106-60-67-13-15-68(16-14-67)69-17-19-73(96)20-18-69,25-22-93(114)104-28-34-123-40-46-129-49-43-126-37-31-108-132(118,119)78-11-5-8-71(52-78)84-62-111(2)65-87-81(84)55-75(98)58-90(87)101)26-23-94(115)105-29-35-124-41-47-130-50-44-127-38-32-109-133(120,121)79-12-6-9-72(53-79)85-63-112(3)66-88-82(85)56-76(99)59-91(88)102/h4-20,51-59,83-85,106-109H,21-50,60-66H2,1-3H3,(H,103,113)(H,104,114)(H,105,115)/t83-,84-,85-/m0/s1. The Morgan fingerprint density at radius 2 is 0.609 bits per heavy atom. The van der Waals surface area contributed by atoms with Crippen molar-refractivity contribution in [1.82, 2.24) is 50.1 Å². The summed E-state index contributed by atoms with van der Waals surface area (Å²) < 4.78 is 140. The van der Waals surface area contributed by atoms with E-state index in [2.05, 4.69) is 50.1 Å². The van der Waals surface area contributed by atoms with Gasteiger partial charge in [-0.1, -0.05) is 154 Å². The van der Waals surface area contributed by atoms with E-state index in [9.17, 15) is 39.6 Å². The van der Waals surface area contributed by atoms with Crippen molar-refractivity contribution in [2.75, 3.05) is 199 Å². The molecule has 8 aromatic carbocycles. The van der Waals surface area contributed by atoms with Gasteiger partial charge < -0.3 is 78.6 Å². The summed E-state index contributed by atoms with van der Waals surface area (Å²) in [5.74, 6) is -1.20. The minimum absolute atomic E-state index is 0.0367. The Hall–Kier alpha value is -6.59. The normalized spacial score (nSPS) is 15.6. The molecule has 0 bridgehead atoms. The van der Waals surface area contributed by atoms with Crippen molar-refractivity contribution in [2.45, 2.75) is 103 Å². The summed E-state index contributed by atoms with van der Waals surface area (Å²) in [7, 11) is -5.62. The maximum Gasteiger partial charge on any atom is 0.240 e. The van der Waals surface area contributed by atoms with Gasteiger partial charge in [-0.3, -0.25) is 14.4 Å². The summed E-state index contributed by atoms with van der Waals surface area (Å²) in [6.45, 7) is 8.61. The second kappa shape index (κ2) is 54.1. The molecule has 0 radical (unpaired) electrons. The third-order valence-electron chi connectivity index (χ3n) is 23.0. The van der Waals surface area contributed by atoms with Gasteiger partial charge in [-0.2, -0.15) is 0 Å². The monoisotopic (exact) mass is 2030 g/mol. The second-order valence-corrected chi connectivity index (χ2v) is 41.2. The summed E-state index contributed by atoms with van der Waals surface area (Å²) >= 11 is 45.2. The van der Waals surface area contributed by atoms with Crippen LogP contribution >= 0.6 is 81.2 Å². The van der Waals surface area contributed by atoms with Crippen molar-refractivity contribution in [1.29, 1.82) is 0 Å². The fraction of sp³-hybridized carbons (Fsp3) is 0.463. The van der Waals surface area contributed by atoms with Crippen molar-refractivity contribution >= 4 is 129 Å². The number of hydrogen-bond acceptors (Lipinski definition) is 22. The minimum atomic E-state index is -3.87. The number of carbonyl (C=O) groups is 3. The first-order valence-corrected chi connectivity index (χ1v) is 51.5. The first kappa shape index (κ1) is 107. The van der Waals surface area contributed by atoms with E-state index >= 15 is 0 Å². The number of halogens is 7. The fourth-order valence-corrected chi connectivity index (χ4v) is 21.2. The number of likely N-dealkylation sites (N-methyl/N-ethyl adjacent to an activating group) is 3. The van der Waals surface area contributed by atoms with Crippen LogP contribution in [0.3, 0.4) is 0 Å². The average Bonchev–Trinajstić information content (AvgIpc) is 0.778. The van der Waals surface area contributed by atoms with Gasteiger partial charge in [0, 0.05) is 163 Å². The molecule has 0 unspecified atom stereocenters. The highest BCUT2D eigenvalue weighted by Gasteiger charge is 2.35. The van der Waals surface area contributed by atoms with E-state index in [4.69, 9.17) is 124 Å². The number of hydrogen-bond donors (Lipinski definition) is 7. The lowest BCUT2D eigenvalue weighted by molar-refractivity contribution is -0.121. The van der Waals surface area contributed by atoms with Gasteiger partial charge in [-0.25, -0.2) is 39.4 Å². The molecule has 0 aliphatic carbocycles. The van der Waals surface area contributed by atoms with Crippen LogP contribution in [0.4, 0.5) is 0 Å². The molecule has 38 heteroatoms. The van der Waals surface area contributed by atoms with E-state index in [1.165, 1.54) is 0 Å². The van der Waals surface area contributed by atoms with E-state index < -0.39 is 35.6 Å². The maximum absolute atomic E-state index is 13.8. The zero-order chi connectivity index (χ0) is 94.8. The Bertz CT molecular complexity index is 5020. The largest absolute Gasteiger partial charge is 0.378 e. The molecule has 11 rings (SSSR count). The number of nitrogens with zero attached hydrogens (tertiary/aromatic N) is 3. The highest BCUT2D eigenvalue weighted by molar-refractivity contribution is 7.90. The van der Waals surface area contributed by atoms with Gasteiger partial charge in [-0.15, -0.1) is 0 Å². The van der Waals surface area contributed by atoms with E-state index in [1.807, 2.05) is 106 Å². The van der Waals surface area contributed by atoms with Crippen LogP contribution in [0.5, 0.6) is 0 Å². The van der Waals surface area contributed by atoms with Crippen LogP contribution in [0.1, 0.15) is 112 Å². The molecule has 0 aromatic heterocycles. The smallest absolute Gasteiger partial charge is 0.240 e. The molecule has 133 heavy (non-hydrogen) atoms. The number of nitrogens with one attached hydrogen (secondary N) is 7. The lowest BCUT2D eigenvalue weighted by Crippen LogP contribution is -2.47. The fourth-order valence-electron chi connectivity index (χ4n) is 16.2. The van der Waals surface area contributed by atoms with Crippen molar-refractivity contribution in [2.24, 2.45) is 0 Å². The highest BCUT2D eigenvalue weighted by atomic mass is 35.5. The molecular weight excluding hydrogens is 1910 g/mol. The van der Waals surface area contributed by atoms with Crippen LogP contribution in [0.15, 0.2) is 172 Å². The Morgan fingerprint density at radius 1 is 0.338 bits per heavy atom. The Labute approximate surface area is 816 Å². The molecule has 28 nitrogen and oxygen atoms in total. The van der Waals surface area contributed by atoms with Gasteiger partial charge in [0.1, 0.15) is 0 Å². The highest BCUT2D eigenvalue weighted by Crippen LogP contribution is 2.43. The lowest BCUT2D eigenvalue weighted by Gasteiger charge is -2.35. The zero-order valence-corrected chi connectivity index (χ0v) is 82.7. The number of benzene rings is 8. The summed E-state index contributed by atoms with van der Waals surface area (Å²) in [6, 6.07) is 47.1. The Balaban J connectivity index is 0.603. The van der Waals surface area contributed by atoms with Crippen LogP contribution in [0.25, 0.3) is 11.1 Å². The van der Waals surface area contributed by atoms with E-state index in [0.717, 1.165) is 66.8 Å². The predicted octanol–water partition coefficient (Wildman–Crippen LogP) is 13.3. The molecule has 7 N–H and O–H groups in total. The van der Waals surface area contributed by atoms with Crippen molar-refractivity contribution in [3.8, 4) is 11.1 Å². The molecule has 8 aromatic rings. The molecule has 3 amide bonds. The summed E-state index contributed by atoms with van der Waals surface area (Å²) in [4.78, 5) is 48.3. The summed E-state index contributed by atoms with van der Waals surface area (Å²) in [5, 5.41) is 16.5. The van der Waals surface area contributed by atoms with Crippen molar-refractivity contribution in [3.63, 3.8) is 0 Å². The van der Waals surface area contributed by atoms with E-state index in [-0.39, 0.29) is 247 Å². The van der Waals surface area contributed by atoms with Gasteiger partial charge in [-0.05, 0) is 192 Å². The van der Waals surface area contributed by atoms with Crippen molar-refractivity contribution in [3.05, 3.63) is 249 Å². The summed E-state index contributed by atoms with van der Waals surface area (Å²) in [5.41, 5.74) is 10.3. The molecule has 3 heterocycles. The molecule has 3 atom stereocenters. The second-order valence-electron chi connectivity index (χ2n) is 32.9. The minimum Gasteiger partial charge on any atom is -0.378 e. The van der Waals surface area contributed by atoms with E-state index in [0.29, 0.717) is 81.0 Å². The molecule has 0 saturated carbocycles. The number of amides is 3. The van der Waals surface area contributed by atoms with Crippen LogP contribution in [0, 0.1) is 0 Å². The predicted molar refractivity (Wildman–Crippen MR) is 519 cm³/mol. The number of ether oxygens (including phenoxy) is 9. The zero-order valence-electron chi connectivity index (χ0n) is 75.0. The number of sulfonamides is 3. The molecular formula is C95H119Cl7N10O18S3. The van der Waals surface area contributed by atoms with Gasteiger partial charge in [0.15, 0.2) is 0 Å². The molecule has 0 spiro atoms. The van der Waals surface area contributed by atoms with Crippen LogP contribution in [0.2, 0.25) is 35.2 Å². The maximum atomic E-state index is 13.8. The first-order valence-electron chi connectivity index (χ1n) is 44.4. The molecule has 3 aliphatic rings. The number of rotatable bonds is 58. The number of carbonyl (C=O) groups excluding carboxylic acids is 3. The van der Waals surface area contributed by atoms with E-state index in [1.54, 1.807) is 72.8 Å². The van der Waals surface area contributed by atoms with Crippen LogP contribution in [-0.4, -0.2) is 262 Å². The Morgan fingerprint density at radius 3 is 0.902 bits per heavy atom. The first-order chi connectivity index (χ1) is 64.0. The molecule has 0 saturated heterocycles. The van der Waals surface area contributed by atoms with Gasteiger partial charge in [0.25, 0.3) is 0 Å². The topological polar surface area (TPSA) is 331 Å². The van der Waals surface area contributed by atoms with Gasteiger partial charge in [0.05, 0.1) is 134 Å². The Kier molecular flexibility index (Phi) is 43.5. The molecule has 0 fully saturated rings. The third-order valence-corrected chi connectivity index (χ3v) is 29.3.